The van der Waals surface area contributed by atoms with Gasteiger partial charge < -0.3 is 4.74 Å². The third-order valence-corrected chi connectivity index (χ3v) is 5.37. The molecule has 2 heterocycles. The Hall–Kier alpha value is -2.35. The summed E-state index contributed by atoms with van der Waals surface area (Å²) < 4.78 is 5.04. The summed E-state index contributed by atoms with van der Waals surface area (Å²) >= 11 is 1.17. The molecule has 8 heteroatoms. The fourth-order valence-corrected chi connectivity index (χ4v) is 3.97. The monoisotopic (exact) mass is 375 g/mol. The van der Waals surface area contributed by atoms with Gasteiger partial charge in [-0.1, -0.05) is 31.7 Å². The Morgan fingerprint density at radius 2 is 2.15 bits per heavy atom. The van der Waals surface area contributed by atoms with E-state index in [1.807, 2.05) is 32.9 Å². The number of rotatable bonds is 2. The lowest BCUT2D eigenvalue weighted by Gasteiger charge is -2.37. The molecule has 138 valence electrons. The summed E-state index contributed by atoms with van der Waals surface area (Å²) in [6, 6.07) is 5.51. The number of ether oxygens (including phenoxy) is 1. The normalized spacial score (nSPS) is 21.6. The molecule has 1 aromatic carbocycles. The van der Waals surface area contributed by atoms with Crippen LogP contribution in [0.2, 0.25) is 0 Å². The lowest BCUT2D eigenvalue weighted by atomic mass is 9.76. The smallest absolute Gasteiger partial charge is 0.421 e. The molecule has 0 bridgehead atoms. The second-order valence-electron chi connectivity index (χ2n) is 6.88. The van der Waals surface area contributed by atoms with Crippen LogP contribution in [0.4, 0.5) is 15.3 Å². The predicted molar refractivity (Wildman–Crippen MR) is 101 cm³/mol. The van der Waals surface area contributed by atoms with Crippen molar-refractivity contribution in [3.63, 3.8) is 0 Å². The van der Waals surface area contributed by atoms with E-state index < -0.39 is 11.5 Å². The van der Waals surface area contributed by atoms with Crippen LogP contribution in [0.1, 0.15) is 45.2 Å². The summed E-state index contributed by atoms with van der Waals surface area (Å²) in [5.74, 6) is -0.278. The molecule has 1 atom stereocenters. The number of nitrogens with zero attached hydrogens (tertiary/aromatic N) is 2. The van der Waals surface area contributed by atoms with Crippen LogP contribution >= 0.6 is 11.8 Å². The van der Waals surface area contributed by atoms with Gasteiger partial charge in [0.2, 0.25) is 5.91 Å². The van der Waals surface area contributed by atoms with Crippen molar-refractivity contribution in [2.75, 3.05) is 11.5 Å². The van der Waals surface area contributed by atoms with E-state index >= 15 is 0 Å². The van der Waals surface area contributed by atoms with Gasteiger partial charge in [-0.15, -0.1) is 0 Å². The number of fused-ring (bicyclic) bond motifs is 1. The molecule has 0 spiro atoms. The molecule has 0 radical (unpaired) electrons. The number of anilines is 1. The van der Waals surface area contributed by atoms with Crippen LogP contribution in [0.15, 0.2) is 23.3 Å². The van der Waals surface area contributed by atoms with Crippen molar-refractivity contribution >= 4 is 40.4 Å². The van der Waals surface area contributed by atoms with Gasteiger partial charge >= 0.3 is 6.09 Å². The molecule has 1 N–H and O–H groups in total. The molecule has 3 rings (SSSR count). The molecule has 1 unspecified atom stereocenters. The molecular formula is C18H21N3O4S. The maximum Gasteiger partial charge on any atom is 0.421 e. The number of amides is 3. The summed E-state index contributed by atoms with van der Waals surface area (Å²) in [7, 11) is 0. The number of hydrogen-bond acceptors (Lipinski definition) is 6. The van der Waals surface area contributed by atoms with Gasteiger partial charge in [-0.25, -0.2) is 15.1 Å². The van der Waals surface area contributed by atoms with Crippen molar-refractivity contribution in [2.24, 2.45) is 5.10 Å². The molecule has 3 amide bonds. The van der Waals surface area contributed by atoms with Crippen LogP contribution in [0.25, 0.3) is 0 Å². The van der Waals surface area contributed by atoms with Gasteiger partial charge in [-0.3, -0.25) is 9.59 Å². The zero-order chi connectivity index (χ0) is 19.1. The number of carbonyl (C=O) groups is 3. The number of imide groups is 1. The predicted octanol–water partition coefficient (Wildman–Crippen LogP) is 3.41. The largest absolute Gasteiger partial charge is 0.449 e. The van der Waals surface area contributed by atoms with E-state index in [2.05, 4.69) is 10.5 Å². The highest BCUT2D eigenvalue weighted by Gasteiger charge is 2.40. The summed E-state index contributed by atoms with van der Waals surface area (Å²) in [4.78, 5) is 37.3. The first-order valence-corrected chi connectivity index (χ1v) is 9.31. The number of nitrogens with one attached hydrogen (secondary N) is 1. The van der Waals surface area contributed by atoms with E-state index in [-0.39, 0.29) is 29.4 Å². The highest BCUT2D eigenvalue weighted by molar-refractivity contribution is 8.14. The highest BCUT2D eigenvalue weighted by atomic mass is 32.2. The van der Waals surface area contributed by atoms with E-state index in [9.17, 15) is 14.4 Å². The Labute approximate surface area is 156 Å². The molecule has 0 saturated carbocycles. The molecule has 2 aliphatic rings. The van der Waals surface area contributed by atoms with E-state index in [1.54, 1.807) is 13.0 Å². The maximum absolute atomic E-state index is 12.5. The van der Waals surface area contributed by atoms with Gasteiger partial charge in [-0.05, 0) is 37.1 Å². The first-order valence-electron chi connectivity index (χ1n) is 8.43. The molecule has 26 heavy (non-hydrogen) atoms. The van der Waals surface area contributed by atoms with Gasteiger partial charge in [-0.2, -0.15) is 5.10 Å². The number of carbonyl (C=O) groups excluding carboxylic acids is 3. The number of hydrazone groups is 1. The second-order valence-corrected chi connectivity index (χ2v) is 8.19. The Balaban J connectivity index is 2.07. The number of hydrogen-bond donors (Lipinski definition) is 1. The quantitative estimate of drug-likeness (QED) is 0.856. The van der Waals surface area contributed by atoms with Gasteiger partial charge in [0.15, 0.2) is 0 Å². The number of thioether (sulfide) groups is 1. The average Bonchev–Trinajstić information content (AvgIpc) is 2.54. The highest BCUT2D eigenvalue weighted by Crippen LogP contribution is 2.41. The lowest BCUT2D eigenvalue weighted by Crippen LogP contribution is -2.45. The molecule has 0 aliphatic carbocycles. The zero-order valence-electron chi connectivity index (χ0n) is 15.2. The molecule has 0 saturated heterocycles. The Kier molecular flexibility index (Phi) is 4.79. The van der Waals surface area contributed by atoms with Crippen molar-refractivity contribution in [1.29, 1.82) is 0 Å². The van der Waals surface area contributed by atoms with Crippen LogP contribution in [-0.4, -0.2) is 34.8 Å². The number of benzene rings is 1. The van der Waals surface area contributed by atoms with Crippen LogP contribution in [0, 0.1) is 0 Å². The summed E-state index contributed by atoms with van der Waals surface area (Å²) in [6.07, 6.45) is -0.455. The van der Waals surface area contributed by atoms with Crippen LogP contribution in [-0.2, 0) is 14.9 Å². The van der Waals surface area contributed by atoms with Crippen molar-refractivity contribution in [3.05, 3.63) is 29.3 Å². The summed E-state index contributed by atoms with van der Waals surface area (Å²) in [5, 5.41) is 3.91. The van der Waals surface area contributed by atoms with E-state index in [4.69, 9.17) is 4.74 Å². The average molecular weight is 375 g/mol. The van der Waals surface area contributed by atoms with E-state index in [0.717, 1.165) is 21.7 Å². The minimum absolute atomic E-state index is 0.0868. The summed E-state index contributed by atoms with van der Waals surface area (Å²) in [5.41, 5.74) is 5.08. The molecule has 0 aromatic heterocycles. The van der Waals surface area contributed by atoms with Crippen LogP contribution in [0.5, 0.6) is 0 Å². The molecule has 1 aromatic rings. The Bertz CT molecular complexity index is 819. The minimum Gasteiger partial charge on any atom is -0.449 e. The van der Waals surface area contributed by atoms with Gasteiger partial charge in [0.25, 0.3) is 5.24 Å². The van der Waals surface area contributed by atoms with E-state index in [1.165, 1.54) is 11.8 Å². The molecule has 0 fully saturated rings. The first kappa shape index (κ1) is 18.4. The van der Waals surface area contributed by atoms with Crippen molar-refractivity contribution in [2.45, 2.75) is 44.8 Å². The van der Waals surface area contributed by atoms with Gasteiger partial charge in [0.05, 0.1) is 23.3 Å². The second kappa shape index (κ2) is 6.75. The molecular weight excluding hydrogens is 354 g/mol. The molecule has 2 aliphatic heterocycles. The Morgan fingerprint density at radius 3 is 2.81 bits per heavy atom. The van der Waals surface area contributed by atoms with Crippen molar-refractivity contribution in [1.82, 2.24) is 5.43 Å². The zero-order valence-corrected chi connectivity index (χ0v) is 16.0. The van der Waals surface area contributed by atoms with Crippen molar-refractivity contribution < 1.29 is 19.1 Å². The van der Waals surface area contributed by atoms with E-state index in [0.29, 0.717) is 5.69 Å². The standard InChI is InChI=1S/C18H21N3O4S/c1-5-25-17(24)21-13-7-6-11(15-10(2)26-16(23)20-19-15)8-12(13)18(3,4)9-14(21)22/h6-8,10H,5,9H2,1-4H3,(H,20,23). The third-order valence-electron chi connectivity index (χ3n) is 4.49. The third kappa shape index (κ3) is 3.21. The molecule has 7 nitrogen and oxygen atoms in total. The van der Waals surface area contributed by atoms with Crippen molar-refractivity contribution in [3.8, 4) is 0 Å². The minimum atomic E-state index is -0.659. The van der Waals surface area contributed by atoms with Crippen LogP contribution in [0.3, 0.4) is 0 Å². The van der Waals surface area contributed by atoms with Gasteiger partial charge in [0, 0.05) is 11.8 Å². The Morgan fingerprint density at radius 1 is 1.42 bits per heavy atom. The van der Waals surface area contributed by atoms with Gasteiger partial charge in [0.1, 0.15) is 0 Å². The SMILES string of the molecule is CCOC(=O)N1C(=O)CC(C)(C)c2cc(C3=NNC(=O)SC3C)ccc21. The summed E-state index contributed by atoms with van der Waals surface area (Å²) in [6.45, 7) is 7.76. The lowest BCUT2D eigenvalue weighted by molar-refractivity contribution is -0.119. The first-order chi connectivity index (χ1) is 12.2. The fraction of sp³-hybridized carbons (Fsp3) is 0.444. The van der Waals surface area contributed by atoms with Crippen LogP contribution < -0.4 is 10.3 Å². The fourth-order valence-electron chi connectivity index (χ4n) is 3.25. The maximum atomic E-state index is 12.5. The topological polar surface area (TPSA) is 88.1 Å².